The van der Waals surface area contributed by atoms with Gasteiger partial charge in [-0.15, -0.1) is 5.10 Å². The molecule has 0 saturated heterocycles. The van der Waals surface area contributed by atoms with Crippen LogP contribution in [0.25, 0.3) is 0 Å². The van der Waals surface area contributed by atoms with Gasteiger partial charge >= 0.3 is 12.0 Å². The average Bonchev–Trinajstić information content (AvgIpc) is 2.79. The Kier molecular flexibility index (Phi) is 5.48. The van der Waals surface area contributed by atoms with Crippen molar-refractivity contribution in [2.75, 3.05) is 13.1 Å². The summed E-state index contributed by atoms with van der Waals surface area (Å²) in [7, 11) is 0. The fourth-order valence-corrected chi connectivity index (χ4v) is 1.67. The summed E-state index contributed by atoms with van der Waals surface area (Å²) in [5.41, 5.74) is -0.438. The number of nitrogens with zero attached hydrogens (tertiary/aromatic N) is 4. The summed E-state index contributed by atoms with van der Waals surface area (Å²) in [6.45, 7) is 6.70. The van der Waals surface area contributed by atoms with Crippen molar-refractivity contribution < 1.29 is 14.7 Å². The van der Waals surface area contributed by atoms with Crippen LogP contribution in [-0.2, 0) is 11.3 Å². The van der Waals surface area contributed by atoms with Crippen molar-refractivity contribution in [2.45, 2.75) is 39.3 Å². The van der Waals surface area contributed by atoms with Crippen molar-refractivity contribution in [2.24, 2.45) is 0 Å². The van der Waals surface area contributed by atoms with Crippen LogP contribution < -0.4 is 5.32 Å². The molecule has 1 heterocycles. The molecule has 1 aromatic rings. The summed E-state index contributed by atoms with van der Waals surface area (Å²) >= 11 is 0. The minimum atomic E-state index is -0.922. The third-order valence-electron chi connectivity index (χ3n) is 2.69. The van der Waals surface area contributed by atoms with E-state index >= 15 is 0 Å². The van der Waals surface area contributed by atoms with Crippen LogP contribution in [0.1, 0.15) is 27.2 Å². The summed E-state index contributed by atoms with van der Waals surface area (Å²) < 4.78 is 1.61. The molecule has 20 heavy (non-hydrogen) atoms. The van der Waals surface area contributed by atoms with E-state index in [0.717, 1.165) is 0 Å². The minimum absolute atomic E-state index is 0.0756. The second-order valence-electron chi connectivity index (χ2n) is 5.36. The third-order valence-corrected chi connectivity index (χ3v) is 2.69. The molecule has 2 N–H and O–H groups in total. The van der Waals surface area contributed by atoms with Gasteiger partial charge in [-0.25, -0.2) is 4.79 Å². The lowest BCUT2D eigenvalue weighted by Crippen LogP contribution is -2.51. The lowest BCUT2D eigenvalue weighted by molar-refractivity contribution is -0.137. The normalized spacial score (nSPS) is 11.2. The van der Waals surface area contributed by atoms with Crippen LogP contribution in [0, 0.1) is 0 Å². The molecule has 0 aromatic carbocycles. The zero-order chi connectivity index (χ0) is 15.2. The maximum Gasteiger partial charge on any atom is 0.317 e. The molecule has 0 aliphatic carbocycles. The highest BCUT2D eigenvalue weighted by Crippen LogP contribution is 2.13. The molecule has 0 atom stereocenters. The highest BCUT2D eigenvalue weighted by Gasteiger charge is 2.26. The van der Waals surface area contributed by atoms with Crippen LogP contribution in [0.4, 0.5) is 4.79 Å². The first-order chi connectivity index (χ1) is 9.30. The van der Waals surface area contributed by atoms with E-state index in [0.29, 0.717) is 13.1 Å². The van der Waals surface area contributed by atoms with Crippen LogP contribution in [0.3, 0.4) is 0 Å². The fraction of sp³-hybridized carbons (Fsp3) is 0.667. The largest absolute Gasteiger partial charge is 0.481 e. The Bertz CT molecular complexity index is 438. The molecular formula is C12H21N5O3. The van der Waals surface area contributed by atoms with Gasteiger partial charge in [0.25, 0.3) is 0 Å². The average molecular weight is 283 g/mol. The number of carboxylic acids is 1. The molecule has 0 fully saturated rings. The fourth-order valence-electron chi connectivity index (χ4n) is 1.67. The molecule has 2 amide bonds. The molecule has 112 valence electrons. The SMILES string of the molecule is CC(C)(C)N(CCC(=O)O)C(=O)NCCn1ccnn1. The topological polar surface area (TPSA) is 100 Å². The van der Waals surface area contributed by atoms with Crippen molar-refractivity contribution in [3.63, 3.8) is 0 Å². The Balaban J connectivity index is 2.48. The number of hydrogen-bond donors (Lipinski definition) is 2. The number of nitrogens with one attached hydrogen (secondary N) is 1. The Morgan fingerprint density at radius 3 is 2.60 bits per heavy atom. The lowest BCUT2D eigenvalue weighted by atomic mass is 10.1. The number of aliphatic carboxylic acids is 1. The van der Waals surface area contributed by atoms with E-state index in [-0.39, 0.29) is 19.0 Å². The van der Waals surface area contributed by atoms with Crippen LogP contribution in [0.2, 0.25) is 0 Å². The number of rotatable bonds is 6. The van der Waals surface area contributed by atoms with E-state index in [2.05, 4.69) is 15.6 Å². The molecule has 0 unspecified atom stereocenters. The van der Waals surface area contributed by atoms with Gasteiger partial charge in [-0.1, -0.05) is 5.21 Å². The summed E-state index contributed by atoms with van der Waals surface area (Å²) in [5.74, 6) is -0.922. The van der Waals surface area contributed by atoms with Gasteiger partial charge in [0, 0.05) is 24.8 Å². The van der Waals surface area contributed by atoms with Crippen molar-refractivity contribution in [3.8, 4) is 0 Å². The number of carbonyl (C=O) groups is 2. The van der Waals surface area contributed by atoms with E-state index in [1.807, 2.05) is 20.8 Å². The van der Waals surface area contributed by atoms with E-state index in [4.69, 9.17) is 5.11 Å². The standard InChI is InChI=1S/C12H21N5O3/c1-12(2,3)17(7-4-10(18)19)11(20)13-5-8-16-9-6-14-15-16/h6,9H,4-5,7-8H2,1-3H3,(H,13,20)(H,18,19). The highest BCUT2D eigenvalue weighted by atomic mass is 16.4. The van der Waals surface area contributed by atoms with Crippen molar-refractivity contribution in [1.82, 2.24) is 25.2 Å². The molecule has 0 radical (unpaired) electrons. The molecule has 0 aliphatic rings. The molecule has 0 bridgehead atoms. The van der Waals surface area contributed by atoms with Gasteiger partial charge in [0.05, 0.1) is 19.2 Å². The Labute approximate surface area is 117 Å². The molecule has 1 rings (SSSR count). The third kappa shape index (κ3) is 5.25. The predicted molar refractivity (Wildman–Crippen MR) is 72.1 cm³/mol. The molecule has 8 nitrogen and oxygen atoms in total. The Morgan fingerprint density at radius 2 is 2.10 bits per heavy atom. The Morgan fingerprint density at radius 1 is 1.40 bits per heavy atom. The van der Waals surface area contributed by atoms with Crippen LogP contribution in [-0.4, -0.2) is 55.6 Å². The minimum Gasteiger partial charge on any atom is -0.481 e. The Hall–Kier alpha value is -2.12. The van der Waals surface area contributed by atoms with Crippen molar-refractivity contribution >= 4 is 12.0 Å². The molecular weight excluding hydrogens is 262 g/mol. The smallest absolute Gasteiger partial charge is 0.317 e. The quantitative estimate of drug-likeness (QED) is 0.794. The number of urea groups is 1. The first-order valence-electron chi connectivity index (χ1n) is 6.42. The molecule has 0 spiro atoms. The van der Waals surface area contributed by atoms with Gasteiger partial charge in [-0.3, -0.25) is 9.48 Å². The second kappa shape index (κ2) is 6.88. The maximum atomic E-state index is 12.1. The lowest BCUT2D eigenvalue weighted by Gasteiger charge is -2.35. The van der Waals surface area contributed by atoms with Crippen LogP contribution >= 0.6 is 0 Å². The molecule has 0 saturated carbocycles. The number of amides is 2. The van der Waals surface area contributed by atoms with E-state index in [9.17, 15) is 9.59 Å². The number of carboxylic acid groups (broad SMARTS) is 1. The van der Waals surface area contributed by atoms with Crippen LogP contribution in [0.5, 0.6) is 0 Å². The van der Waals surface area contributed by atoms with Crippen molar-refractivity contribution in [3.05, 3.63) is 12.4 Å². The number of hydrogen-bond acceptors (Lipinski definition) is 4. The number of aromatic nitrogens is 3. The van der Waals surface area contributed by atoms with E-state index in [1.54, 1.807) is 17.1 Å². The first-order valence-corrected chi connectivity index (χ1v) is 6.42. The zero-order valence-corrected chi connectivity index (χ0v) is 12.0. The summed E-state index contributed by atoms with van der Waals surface area (Å²) in [6.07, 6.45) is 3.20. The summed E-state index contributed by atoms with van der Waals surface area (Å²) in [4.78, 5) is 24.3. The molecule has 8 heteroatoms. The van der Waals surface area contributed by atoms with Gasteiger partial charge in [-0.05, 0) is 20.8 Å². The van der Waals surface area contributed by atoms with Crippen LogP contribution in [0.15, 0.2) is 12.4 Å². The molecule has 1 aromatic heterocycles. The summed E-state index contributed by atoms with van der Waals surface area (Å²) in [5, 5.41) is 18.9. The van der Waals surface area contributed by atoms with E-state index < -0.39 is 11.5 Å². The summed E-state index contributed by atoms with van der Waals surface area (Å²) in [6, 6.07) is -0.279. The highest BCUT2D eigenvalue weighted by molar-refractivity contribution is 5.76. The first kappa shape index (κ1) is 15.9. The van der Waals surface area contributed by atoms with Gasteiger partial charge < -0.3 is 15.3 Å². The van der Waals surface area contributed by atoms with Gasteiger partial charge in [0.2, 0.25) is 0 Å². The second-order valence-corrected chi connectivity index (χ2v) is 5.36. The van der Waals surface area contributed by atoms with Gasteiger partial charge in [-0.2, -0.15) is 0 Å². The predicted octanol–water partition coefficient (Wildman–Crippen LogP) is 0.563. The van der Waals surface area contributed by atoms with Gasteiger partial charge in [0.15, 0.2) is 0 Å². The van der Waals surface area contributed by atoms with Crippen molar-refractivity contribution in [1.29, 1.82) is 0 Å². The van der Waals surface area contributed by atoms with E-state index in [1.165, 1.54) is 4.90 Å². The zero-order valence-electron chi connectivity index (χ0n) is 12.0. The maximum absolute atomic E-state index is 12.1. The molecule has 0 aliphatic heterocycles. The van der Waals surface area contributed by atoms with Gasteiger partial charge in [0.1, 0.15) is 0 Å². The monoisotopic (exact) mass is 283 g/mol. The number of carbonyl (C=O) groups excluding carboxylic acids is 1.